The maximum absolute atomic E-state index is 13.8. The minimum atomic E-state index is -4.45. The predicted molar refractivity (Wildman–Crippen MR) is 145 cm³/mol. The van der Waals surface area contributed by atoms with E-state index in [1.54, 1.807) is 41.3 Å². The number of hydrogen-bond acceptors (Lipinski definition) is 6. The van der Waals surface area contributed by atoms with Crippen LogP contribution in [0.15, 0.2) is 54.6 Å². The zero-order valence-electron chi connectivity index (χ0n) is 22.5. The second-order valence-corrected chi connectivity index (χ2v) is 9.39. The number of ether oxygens (including phenoxy) is 1. The molecular formula is C29H34F3N5O2. The minimum absolute atomic E-state index is 0.144. The van der Waals surface area contributed by atoms with Crippen molar-refractivity contribution in [3.8, 4) is 16.9 Å². The van der Waals surface area contributed by atoms with E-state index in [9.17, 15) is 18.0 Å². The summed E-state index contributed by atoms with van der Waals surface area (Å²) in [5.41, 5.74) is 1.45. The number of nitrogens with zero attached hydrogens (tertiary/aromatic N) is 5. The molecule has 208 valence electrons. The van der Waals surface area contributed by atoms with Gasteiger partial charge in [-0.15, -0.1) is 10.2 Å². The molecule has 1 aliphatic heterocycles. The van der Waals surface area contributed by atoms with E-state index in [4.69, 9.17) is 4.74 Å². The molecule has 2 aromatic carbocycles. The first-order chi connectivity index (χ1) is 18.7. The lowest BCUT2D eigenvalue weighted by molar-refractivity contribution is -0.137. The highest BCUT2D eigenvalue weighted by Crippen LogP contribution is 2.35. The van der Waals surface area contributed by atoms with E-state index in [0.29, 0.717) is 86.4 Å². The number of piperazine rings is 1. The average Bonchev–Trinajstić information content (AvgIpc) is 2.94. The highest BCUT2D eigenvalue weighted by atomic mass is 19.4. The lowest BCUT2D eigenvalue weighted by Crippen LogP contribution is -2.46. The quantitative estimate of drug-likeness (QED) is 0.363. The third kappa shape index (κ3) is 7.06. The Morgan fingerprint density at radius 1 is 0.923 bits per heavy atom. The van der Waals surface area contributed by atoms with Crippen molar-refractivity contribution in [3.63, 3.8) is 0 Å². The molecule has 10 heteroatoms. The van der Waals surface area contributed by atoms with Gasteiger partial charge in [0.1, 0.15) is 5.75 Å². The van der Waals surface area contributed by atoms with E-state index in [1.807, 2.05) is 26.8 Å². The van der Waals surface area contributed by atoms with Crippen molar-refractivity contribution in [1.29, 1.82) is 0 Å². The number of hydrogen-bond donors (Lipinski definition) is 0. The molecule has 0 atom stereocenters. The van der Waals surface area contributed by atoms with Crippen LogP contribution in [0.4, 0.5) is 19.0 Å². The van der Waals surface area contributed by atoms with Crippen LogP contribution in [-0.2, 0) is 12.7 Å². The Hall–Kier alpha value is -3.66. The van der Waals surface area contributed by atoms with E-state index < -0.39 is 11.7 Å². The van der Waals surface area contributed by atoms with Gasteiger partial charge in [-0.2, -0.15) is 13.2 Å². The number of rotatable bonds is 9. The van der Waals surface area contributed by atoms with Crippen molar-refractivity contribution < 1.29 is 22.7 Å². The van der Waals surface area contributed by atoms with Crippen LogP contribution in [-0.4, -0.2) is 71.8 Å². The van der Waals surface area contributed by atoms with E-state index in [-0.39, 0.29) is 5.91 Å². The standard InChI is InChI=1S/C29H34F3N5O2/c1-4-36(5-2)28(38)26-10-11-27(34-33-26)37-14-12-35(13-15-37)20-21-16-23(18-24(17-21)29(30,31)32)22-8-7-9-25(19-22)39-6-3/h7-11,16-19H,4-6,12-15,20H2,1-3H3. The molecule has 1 saturated heterocycles. The summed E-state index contributed by atoms with van der Waals surface area (Å²) in [5, 5.41) is 8.40. The van der Waals surface area contributed by atoms with Crippen LogP contribution in [0.5, 0.6) is 5.75 Å². The van der Waals surface area contributed by atoms with Crippen LogP contribution in [0.2, 0.25) is 0 Å². The molecule has 7 nitrogen and oxygen atoms in total. The van der Waals surface area contributed by atoms with Crippen LogP contribution in [0.1, 0.15) is 42.4 Å². The van der Waals surface area contributed by atoms with Crippen molar-refractivity contribution in [1.82, 2.24) is 20.0 Å². The van der Waals surface area contributed by atoms with E-state index in [0.717, 1.165) is 0 Å². The van der Waals surface area contributed by atoms with E-state index in [1.165, 1.54) is 12.1 Å². The molecule has 0 unspecified atom stereocenters. The smallest absolute Gasteiger partial charge is 0.416 e. The van der Waals surface area contributed by atoms with Gasteiger partial charge in [0, 0.05) is 45.8 Å². The lowest BCUT2D eigenvalue weighted by atomic mass is 9.99. The van der Waals surface area contributed by atoms with Gasteiger partial charge in [-0.3, -0.25) is 9.69 Å². The van der Waals surface area contributed by atoms with Crippen molar-refractivity contribution in [2.45, 2.75) is 33.5 Å². The summed E-state index contributed by atoms with van der Waals surface area (Å²) < 4.78 is 46.8. The summed E-state index contributed by atoms with van der Waals surface area (Å²) in [7, 11) is 0. The molecule has 3 aromatic rings. The average molecular weight is 542 g/mol. The number of carbonyl (C=O) groups excluding carboxylic acids is 1. The Labute approximate surface area is 227 Å². The van der Waals surface area contributed by atoms with Gasteiger partial charge in [-0.05, 0) is 79.9 Å². The summed E-state index contributed by atoms with van der Waals surface area (Å²) in [5.74, 6) is 1.16. The van der Waals surface area contributed by atoms with Gasteiger partial charge >= 0.3 is 6.18 Å². The SMILES string of the molecule is CCOc1cccc(-c2cc(CN3CCN(c4ccc(C(=O)N(CC)CC)nn4)CC3)cc(C(F)(F)F)c2)c1. The number of benzene rings is 2. The maximum Gasteiger partial charge on any atom is 0.416 e. The highest BCUT2D eigenvalue weighted by molar-refractivity contribution is 5.92. The van der Waals surface area contributed by atoms with Crippen LogP contribution in [0.3, 0.4) is 0 Å². The normalized spacial score (nSPS) is 14.4. The number of alkyl halides is 3. The van der Waals surface area contributed by atoms with Gasteiger partial charge < -0.3 is 14.5 Å². The summed E-state index contributed by atoms with van der Waals surface area (Å²) >= 11 is 0. The van der Waals surface area contributed by atoms with E-state index >= 15 is 0 Å². The van der Waals surface area contributed by atoms with Gasteiger partial charge in [0.05, 0.1) is 12.2 Å². The van der Waals surface area contributed by atoms with Crippen LogP contribution in [0, 0.1) is 0 Å². The number of anilines is 1. The van der Waals surface area contributed by atoms with Crippen molar-refractivity contribution in [3.05, 3.63) is 71.4 Å². The van der Waals surface area contributed by atoms with Crippen molar-refractivity contribution >= 4 is 11.7 Å². The molecule has 4 rings (SSSR count). The molecule has 0 spiro atoms. The molecule has 1 amide bonds. The first-order valence-electron chi connectivity index (χ1n) is 13.3. The minimum Gasteiger partial charge on any atom is -0.494 e. The fourth-order valence-corrected chi connectivity index (χ4v) is 4.72. The van der Waals surface area contributed by atoms with Crippen molar-refractivity contribution in [2.75, 3.05) is 50.8 Å². The summed E-state index contributed by atoms with van der Waals surface area (Å²) in [6, 6.07) is 14.9. The predicted octanol–water partition coefficient (Wildman–Crippen LogP) is 5.37. The second-order valence-electron chi connectivity index (χ2n) is 9.39. The maximum atomic E-state index is 13.8. The van der Waals surface area contributed by atoms with Crippen LogP contribution >= 0.6 is 0 Å². The van der Waals surface area contributed by atoms with Crippen molar-refractivity contribution in [2.24, 2.45) is 0 Å². The Balaban J connectivity index is 1.44. The highest BCUT2D eigenvalue weighted by Gasteiger charge is 2.31. The summed E-state index contributed by atoms with van der Waals surface area (Å²) in [4.78, 5) is 18.4. The van der Waals surface area contributed by atoms with Crippen LogP contribution in [0.25, 0.3) is 11.1 Å². The van der Waals surface area contributed by atoms with Gasteiger partial charge in [0.2, 0.25) is 0 Å². The fourth-order valence-electron chi connectivity index (χ4n) is 4.72. The zero-order valence-corrected chi connectivity index (χ0v) is 22.5. The molecule has 1 fully saturated rings. The van der Waals surface area contributed by atoms with Gasteiger partial charge in [0.15, 0.2) is 11.5 Å². The Bertz CT molecular complexity index is 1250. The molecule has 2 heterocycles. The topological polar surface area (TPSA) is 61.8 Å². The monoisotopic (exact) mass is 541 g/mol. The third-order valence-electron chi connectivity index (χ3n) is 6.82. The fraction of sp³-hybridized carbons (Fsp3) is 0.414. The molecule has 0 bridgehead atoms. The number of halogens is 3. The van der Waals surface area contributed by atoms with Crippen LogP contribution < -0.4 is 9.64 Å². The molecule has 0 N–H and O–H groups in total. The van der Waals surface area contributed by atoms with Gasteiger partial charge in [-0.1, -0.05) is 12.1 Å². The van der Waals surface area contributed by atoms with Gasteiger partial charge in [-0.25, -0.2) is 0 Å². The lowest BCUT2D eigenvalue weighted by Gasteiger charge is -2.35. The molecule has 1 aromatic heterocycles. The Morgan fingerprint density at radius 2 is 1.67 bits per heavy atom. The Morgan fingerprint density at radius 3 is 2.28 bits per heavy atom. The molecule has 1 aliphatic rings. The number of amides is 1. The third-order valence-corrected chi connectivity index (χ3v) is 6.82. The van der Waals surface area contributed by atoms with Gasteiger partial charge in [0.25, 0.3) is 5.91 Å². The zero-order chi connectivity index (χ0) is 28.0. The molecular weight excluding hydrogens is 507 g/mol. The first-order valence-corrected chi connectivity index (χ1v) is 13.3. The summed E-state index contributed by atoms with van der Waals surface area (Å²) in [6.07, 6.45) is -4.45. The van der Waals surface area contributed by atoms with E-state index in [2.05, 4.69) is 20.0 Å². The molecule has 0 saturated carbocycles. The summed E-state index contributed by atoms with van der Waals surface area (Å²) in [6.45, 7) is 10.4. The Kier molecular flexibility index (Phi) is 9.06. The molecule has 0 aliphatic carbocycles. The molecule has 0 radical (unpaired) electrons. The molecule has 39 heavy (non-hydrogen) atoms. The second kappa shape index (κ2) is 12.5. The largest absolute Gasteiger partial charge is 0.494 e. The number of carbonyl (C=O) groups is 1. The number of aromatic nitrogens is 2. The first kappa shape index (κ1) is 28.4.